The van der Waals surface area contributed by atoms with E-state index >= 15 is 0 Å². The summed E-state index contributed by atoms with van der Waals surface area (Å²) in [7, 11) is 8.11. The molecule has 9 heteroatoms. The molecule has 2 atom stereocenters. The number of hydrogen-bond acceptors (Lipinski definition) is 7. The van der Waals surface area contributed by atoms with Crippen LogP contribution in [0.3, 0.4) is 0 Å². The first-order chi connectivity index (χ1) is 19.4. The van der Waals surface area contributed by atoms with Gasteiger partial charge in [-0.15, -0.1) is 0 Å². The average molecular weight is 546 g/mol. The number of carbonyl (C=O) groups is 2. The smallest absolute Gasteiger partial charge is 0.254 e. The standard InChI is InChI=1S/C31H35N3O6/c1-32-29(20-10-12-21(37-2)13-11-20)28(22-18-26(39-4)27(40-5)19-23(22)30(32)35)31(36)34-16-14-33(15-17-34)24-8-6-7-9-25(24)38-3/h6-13,18-19,28-29H,14-17H2,1-5H3/t28-,29-/m1/s1. The summed E-state index contributed by atoms with van der Waals surface area (Å²) in [5, 5.41) is 0. The van der Waals surface area contributed by atoms with Crippen LogP contribution in [0.2, 0.25) is 0 Å². The van der Waals surface area contributed by atoms with Crippen molar-refractivity contribution in [2.75, 3.05) is 66.6 Å². The molecule has 2 aliphatic rings. The predicted molar refractivity (Wildman–Crippen MR) is 152 cm³/mol. The van der Waals surface area contributed by atoms with E-state index in [-0.39, 0.29) is 11.8 Å². The molecule has 0 bridgehead atoms. The minimum Gasteiger partial charge on any atom is -0.497 e. The molecular formula is C31H35N3O6. The minimum absolute atomic E-state index is 0.0340. The van der Waals surface area contributed by atoms with Crippen molar-refractivity contribution in [2.24, 2.45) is 0 Å². The van der Waals surface area contributed by atoms with Crippen LogP contribution < -0.4 is 23.8 Å². The van der Waals surface area contributed by atoms with Crippen molar-refractivity contribution in [2.45, 2.75) is 12.0 Å². The zero-order valence-corrected chi connectivity index (χ0v) is 23.5. The number of amides is 2. The fourth-order valence-corrected chi connectivity index (χ4v) is 5.79. The number of rotatable bonds is 7. The number of ether oxygens (including phenoxy) is 4. The topological polar surface area (TPSA) is 80.8 Å². The van der Waals surface area contributed by atoms with Gasteiger partial charge in [0.25, 0.3) is 5.91 Å². The molecule has 0 N–H and O–H groups in total. The van der Waals surface area contributed by atoms with Crippen LogP contribution in [0.4, 0.5) is 5.69 Å². The van der Waals surface area contributed by atoms with Crippen LogP contribution in [0.5, 0.6) is 23.0 Å². The number of fused-ring (bicyclic) bond motifs is 1. The summed E-state index contributed by atoms with van der Waals surface area (Å²) in [6, 6.07) is 18.4. The van der Waals surface area contributed by atoms with Gasteiger partial charge in [-0.3, -0.25) is 9.59 Å². The number of para-hydroxylation sites is 2. The fourth-order valence-electron chi connectivity index (χ4n) is 5.79. The third kappa shape index (κ3) is 4.76. The van der Waals surface area contributed by atoms with Gasteiger partial charge < -0.3 is 33.6 Å². The van der Waals surface area contributed by atoms with E-state index in [1.165, 1.54) is 7.11 Å². The van der Waals surface area contributed by atoms with Gasteiger partial charge in [0.15, 0.2) is 11.5 Å². The first-order valence-electron chi connectivity index (χ1n) is 13.3. The second-order valence-corrected chi connectivity index (χ2v) is 9.89. The van der Waals surface area contributed by atoms with Gasteiger partial charge in [0.05, 0.1) is 46.1 Å². The summed E-state index contributed by atoms with van der Waals surface area (Å²) < 4.78 is 22.0. The van der Waals surface area contributed by atoms with Crippen molar-refractivity contribution in [3.63, 3.8) is 0 Å². The molecule has 2 aliphatic heterocycles. The fraction of sp³-hybridized carbons (Fsp3) is 0.355. The van der Waals surface area contributed by atoms with Crippen molar-refractivity contribution in [3.8, 4) is 23.0 Å². The molecule has 0 aromatic heterocycles. The SMILES string of the molecule is COc1ccc([C@@H]2[C@H](C(=O)N3CCN(c4ccccc4OC)CC3)c3cc(OC)c(OC)cc3C(=O)N2C)cc1. The number of hydrogen-bond donors (Lipinski definition) is 0. The molecule has 1 saturated heterocycles. The molecule has 5 rings (SSSR count). The summed E-state index contributed by atoms with van der Waals surface area (Å²) in [6.45, 7) is 2.42. The van der Waals surface area contributed by atoms with Gasteiger partial charge >= 0.3 is 0 Å². The Morgan fingerprint density at radius 2 is 1.40 bits per heavy atom. The van der Waals surface area contributed by atoms with Gasteiger partial charge in [-0.25, -0.2) is 0 Å². The summed E-state index contributed by atoms with van der Waals surface area (Å²) in [4.78, 5) is 33.9. The quantitative estimate of drug-likeness (QED) is 0.444. The Labute approximate surface area is 234 Å². The lowest BCUT2D eigenvalue weighted by Gasteiger charge is -2.43. The number of methoxy groups -OCH3 is 4. The summed E-state index contributed by atoms with van der Waals surface area (Å²) >= 11 is 0. The van der Waals surface area contributed by atoms with E-state index in [1.807, 2.05) is 53.4 Å². The number of nitrogens with zero attached hydrogens (tertiary/aromatic N) is 3. The van der Waals surface area contributed by atoms with Crippen LogP contribution in [0.15, 0.2) is 60.7 Å². The van der Waals surface area contributed by atoms with E-state index in [9.17, 15) is 9.59 Å². The van der Waals surface area contributed by atoms with Crippen molar-refractivity contribution in [1.82, 2.24) is 9.80 Å². The van der Waals surface area contributed by atoms with Crippen molar-refractivity contribution in [1.29, 1.82) is 0 Å². The first kappa shape index (κ1) is 27.2. The maximum Gasteiger partial charge on any atom is 0.254 e. The Kier molecular flexibility index (Phi) is 7.73. The second-order valence-electron chi connectivity index (χ2n) is 9.89. The summed E-state index contributed by atoms with van der Waals surface area (Å²) in [5.41, 5.74) is 2.94. The molecule has 9 nitrogen and oxygen atoms in total. The molecule has 2 amide bonds. The molecule has 3 aromatic rings. The Morgan fingerprint density at radius 3 is 2.02 bits per heavy atom. The highest BCUT2D eigenvalue weighted by Crippen LogP contribution is 2.46. The van der Waals surface area contributed by atoms with E-state index in [4.69, 9.17) is 18.9 Å². The van der Waals surface area contributed by atoms with Crippen LogP contribution in [0.1, 0.15) is 33.4 Å². The minimum atomic E-state index is -0.635. The van der Waals surface area contributed by atoms with Crippen LogP contribution in [-0.4, -0.2) is 83.3 Å². The van der Waals surface area contributed by atoms with Gasteiger partial charge in [-0.2, -0.15) is 0 Å². The molecule has 0 spiro atoms. The first-order valence-corrected chi connectivity index (χ1v) is 13.3. The molecule has 0 unspecified atom stereocenters. The predicted octanol–water partition coefficient (Wildman–Crippen LogP) is 3.98. The van der Waals surface area contributed by atoms with Gasteiger partial charge in [0.2, 0.25) is 5.91 Å². The Balaban J connectivity index is 1.52. The Bertz CT molecular complexity index is 1380. The number of anilines is 1. The highest BCUT2D eigenvalue weighted by Gasteiger charge is 2.45. The van der Waals surface area contributed by atoms with E-state index in [0.717, 1.165) is 17.0 Å². The molecule has 0 radical (unpaired) electrons. The van der Waals surface area contributed by atoms with E-state index in [2.05, 4.69) is 4.90 Å². The highest BCUT2D eigenvalue weighted by atomic mass is 16.5. The maximum atomic E-state index is 14.4. The maximum absolute atomic E-state index is 14.4. The van der Waals surface area contributed by atoms with Gasteiger partial charge in [0, 0.05) is 38.8 Å². The zero-order chi connectivity index (χ0) is 28.4. The van der Waals surface area contributed by atoms with Crippen molar-refractivity contribution in [3.05, 3.63) is 77.4 Å². The zero-order valence-electron chi connectivity index (χ0n) is 23.5. The monoisotopic (exact) mass is 545 g/mol. The molecule has 1 fully saturated rings. The molecular weight excluding hydrogens is 510 g/mol. The Morgan fingerprint density at radius 1 is 0.775 bits per heavy atom. The normalized spacial score (nSPS) is 18.7. The lowest BCUT2D eigenvalue weighted by Crippen LogP contribution is -2.53. The van der Waals surface area contributed by atoms with Crippen LogP contribution in [-0.2, 0) is 4.79 Å². The third-order valence-electron chi connectivity index (χ3n) is 7.92. The molecule has 3 aromatic carbocycles. The van der Waals surface area contributed by atoms with E-state index < -0.39 is 12.0 Å². The van der Waals surface area contributed by atoms with Crippen molar-refractivity contribution < 1.29 is 28.5 Å². The molecule has 2 heterocycles. The van der Waals surface area contributed by atoms with Gasteiger partial charge in [0.1, 0.15) is 11.5 Å². The molecule has 210 valence electrons. The van der Waals surface area contributed by atoms with Crippen LogP contribution >= 0.6 is 0 Å². The van der Waals surface area contributed by atoms with Gasteiger partial charge in [-0.1, -0.05) is 24.3 Å². The van der Waals surface area contributed by atoms with E-state index in [1.54, 1.807) is 45.4 Å². The van der Waals surface area contributed by atoms with E-state index in [0.29, 0.717) is 54.6 Å². The molecule has 40 heavy (non-hydrogen) atoms. The summed E-state index contributed by atoms with van der Waals surface area (Å²) in [6.07, 6.45) is 0. The highest BCUT2D eigenvalue weighted by molar-refractivity contribution is 6.02. The second kappa shape index (κ2) is 11.4. The number of piperazine rings is 1. The average Bonchev–Trinajstić information content (AvgIpc) is 3.01. The third-order valence-corrected chi connectivity index (χ3v) is 7.92. The molecule has 0 saturated carbocycles. The Hall–Kier alpha value is -4.40. The largest absolute Gasteiger partial charge is 0.497 e. The number of carbonyl (C=O) groups excluding carboxylic acids is 2. The van der Waals surface area contributed by atoms with Gasteiger partial charge in [-0.05, 0) is 47.5 Å². The number of benzene rings is 3. The van der Waals surface area contributed by atoms with Crippen LogP contribution in [0.25, 0.3) is 0 Å². The lowest BCUT2D eigenvalue weighted by molar-refractivity contribution is -0.134. The summed E-state index contributed by atoms with van der Waals surface area (Å²) in [5.74, 6) is 1.59. The van der Waals surface area contributed by atoms with Crippen molar-refractivity contribution >= 4 is 17.5 Å². The van der Waals surface area contributed by atoms with Crippen LogP contribution in [0, 0.1) is 0 Å². The lowest BCUT2D eigenvalue weighted by atomic mass is 9.78. The molecule has 0 aliphatic carbocycles. The number of likely N-dealkylation sites (N-methyl/N-ethyl adjacent to an activating group) is 1.